The first kappa shape index (κ1) is 17.5. The number of hydrogen-bond donors (Lipinski definition) is 2. The number of anilines is 1. The molecule has 1 atom stereocenters. The van der Waals surface area contributed by atoms with Crippen molar-refractivity contribution in [2.24, 2.45) is 0 Å². The molecule has 1 amide bonds. The Morgan fingerprint density at radius 1 is 1.12 bits per heavy atom. The van der Waals surface area contributed by atoms with Crippen LogP contribution in [0.1, 0.15) is 30.9 Å². The summed E-state index contributed by atoms with van der Waals surface area (Å²) < 4.78 is 5.57. The van der Waals surface area contributed by atoms with E-state index in [1.165, 1.54) is 0 Å². The van der Waals surface area contributed by atoms with Crippen molar-refractivity contribution in [1.82, 2.24) is 0 Å². The van der Waals surface area contributed by atoms with E-state index < -0.39 is 11.9 Å². The second kappa shape index (κ2) is 8.15. The highest BCUT2D eigenvalue weighted by Gasteiger charge is 2.13. The van der Waals surface area contributed by atoms with Gasteiger partial charge in [-0.1, -0.05) is 37.3 Å². The number of benzene rings is 2. The molecule has 5 heteroatoms. The second-order valence-corrected chi connectivity index (χ2v) is 5.48. The molecule has 0 saturated carbocycles. The Bertz CT molecular complexity index is 710. The van der Waals surface area contributed by atoms with Crippen LogP contribution in [0, 0.1) is 0 Å². The highest BCUT2D eigenvalue weighted by molar-refractivity contribution is 5.92. The van der Waals surface area contributed by atoms with Crippen LogP contribution in [0.5, 0.6) is 5.75 Å². The van der Waals surface area contributed by atoms with Crippen LogP contribution in [0.4, 0.5) is 5.69 Å². The smallest absolute Gasteiger partial charge is 0.310 e. The maximum Gasteiger partial charge on any atom is 0.310 e. The van der Waals surface area contributed by atoms with Crippen molar-refractivity contribution in [3.63, 3.8) is 0 Å². The maximum absolute atomic E-state index is 12.0. The van der Waals surface area contributed by atoms with Gasteiger partial charge in [-0.25, -0.2) is 0 Å². The molecule has 0 aliphatic heterocycles. The van der Waals surface area contributed by atoms with Crippen LogP contribution in [0.3, 0.4) is 0 Å². The Balaban J connectivity index is 1.91. The van der Waals surface area contributed by atoms with E-state index in [0.717, 1.165) is 12.0 Å². The lowest BCUT2D eigenvalue weighted by Crippen LogP contribution is -2.20. The normalized spacial score (nSPS) is 11.6. The summed E-state index contributed by atoms with van der Waals surface area (Å²) in [6.45, 7) is 3.57. The number of carboxylic acid groups (broad SMARTS) is 1. The summed E-state index contributed by atoms with van der Waals surface area (Å²) in [6, 6.07) is 14.4. The van der Waals surface area contributed by atoms with Gasteiger partial charge in [0.05, 0.1) is 5.92 Å². The quantitative estimate of drug-likeness (QED) is 0.816. The monoisotopic (exact) mass is 327 g/mol. The molecule has 24 heavy (non-hydrogen) atoms. The first-order valence-electron chi connectivity index (χ1n) is 7.84. The van der Waals surface area contributed by atoms with Crippen LogP contribution in [0.2, 0.25) is 0 Å². The van der Waals surface area contributed by atoms with E-state index in [2.05, 4.69) is 5.32 Å². The van der Waals surface area contributed by atoms with Gasteiger partial charge >= 0.3 is 5.97 Å². The summed E-state index contributed by atoms with van der Waals surface area (Å²) >= 11 is 0. The summed E-state index contributed by atoms with van der Waals surface area (Å²) in [5, 5.41) is 11.7. The van der Waals surface area contributed by atoms with Crippen LogP contribution >= 0.6 is 0 Å². The molecule has 0 aromatic heterocycles. The first-order chi connectivity index (χ1) is 11.5. The van der Waals surface area contributed by atoms with Crippen molar-refractivity contribution in [3.05, 3.63) is 59.7 Å². The number of amides is 1. The number of para-hydroxylation sites is 1. The molecule has 0 fully saturated rings. The molecule has 0 saturated heterocycles. The van der Waals surface area contributed by atoms with Gasteiger partial charge in [0.1, 0.15) is 5.75 Å². The van der Waals surface area contributed by atoms with Crippen LogP contribution < -0.4 is 10.1 Å². The van der Waals surface area contributed by atoms with Crippen molar-refractivity contribution in [2.45, 2.75) is 26.2 Å². The third kappa shape index (κ3) is 4.59. The maximum atomic E-state index is 12.0. The van der Waals surface area contributed by atoms with E-state index in [-0.39, 0.29) is 12.5 Å². The number of carbonyl (C=O) groups excluding carboxylic acids is 1. The van der Waals surface area contributed by atoms with E-state index in [0.29, 0.717) is 17.0 Å². The Hall–Kier alpha value is -2.82. The van der Waals surface area contributed by atoms with E-state index in [1.54, 1.807) is 31.2 Å². The van der Waals surface area contributed by atoms with Gasteiger partial charge in [-0.2, -0.15) is 0 Å². The first-order valence-corrected chi connectivity index (χ1v) is 7.84. The molecule has 126 valence electrons. The fourth-order valence-corrected chi connectivity index (χ4v) is 2.27. The number of ether oxygens (including phenoxy) is 1. The second-order valence-electron chi connectivity index (χ2n) is 5.48. The number of carboxylic acids is 1. The molecule has 0 spiro atoms. The summed E-state index contributed by atoms with van der Waals surface area (Å²) in [4.78, 5) is 22.9. The Labute approximate surface area is 141 Å². The van der Waals surface area contributed by atoms with Gasteiger partial charge in [0, 0.05) is 5.69 Å². The molecule has 0 aliphatic carbocycles. The molecular formula is C19H21NO4. The molecule has 2 aromatic rings. The van der Waals surface area contributed by atoms with Gasteiger partial charge in [0.2, 0.25) is 0 Å². The van der Waals surface area contributed by atoms with Crippen molar-refractivity contribution in [1.29, 1.82) is 0 Å². The minimum atomic E-state index is -0.880. The lowest BCUT2D eigenvalue weighted by Gasteiger charge is -2.11. The zero-order valence-electron chi connectivity index (χ0n) is 13.8. The zero-order valence-corrected chi connectivity index (χ0v) is 13.8. The van der Waals surface area contributed by atoms with Crippen LogP contribution in [-0.2, 0) is 16.0 Å². The van der Waals surface area contributed by atoms with Gasteiger partial charge in [-0.05, 0) is 42.7 Å². The van der Waals surface area contributed by atoms with Crippen LogP contribution in [0.15, 0.2) is 48.5 Å². The van der Waals surface area contributed by atoms with E-state index in [9.17, 15) is 9.59 Å². The fourth-order valence-electron chi connectivity index (χ4n) is 2.27. The fraction of sp³-hybridized carbons (Fsp3) is 0.263. The summed E-state index contributed by atoms with van der Waals surface area (Å²) in [7, 11) is 0. The third-order valence-electron chi connectivity index (χ3n) is 3.78. The Kier molecular flexibility index (Phi) is 5.95. The molecule has 1 unspecified atom stereocenters. The third-order valence-corrected chi connectivity index (χ3v) is 3.78. The van der Waals surface area contributed by atoms with Gasteiger partial charge in [-0.3, -0.25) is 9.59 Å². The Morgan fingerprint density at radius 2 is 1.79 bits per heavy atom. The predicted octanol–water partition coefficient (Wildman–Crippen LogP) is 3.45. The topological polar surface area (TPSA) is 75.6 Å². The summed E-state index contributed by atoms with van der Waals surface area (Å²) in [5.74, 6) is -1.01. The molecule has 0 heterocycles. The SMILES string of the molecule is CCc1ccccc1OCC(=O)Nc1ccc(C(C)C(=O)O)cc1. The van der Waals surface area contributed by atoms with E-state index >= 15 is 0 Å². The molecular weight excluding hydrogens is 306 g/mol. The molecule has 0 bridgehead atoms. The number of hydrogen-bond acceptors (Lipinski definition) is 3. The number of aryl methyl sites for hydroxylation is 1. The standard InChI is InChI=1S/C19H21NO4/c1-3-14-6-4-5-7-17(14)24-12-18(21)20-16-10-8-15(9-11-16)13(2)19(22)23/h4-11,13H,3,12H2,1-2H3,(H,20,21)(H,22,23). The van der Waals surface area contributed by atoms with Crippen molar-refractivity contribution >= 4 is 17.6 Å². The zero-order chi connectivity index (χ0) is 17.5. The number of rotatable bonds is 7. The number of aliphatic carboxylic acids is 1. The van der Waals surface area contributed by atoms with Gasteiger partial charge in [0.15, 0.2) is 6.61 Å². The minimum Gasteiger partial charge on any atom is -0.483 e. The minimum absolute atomic E-state index is 0.0791. The molecule has 2 N–H and O–H groups in total. The van der Waals surface area contributed by atoms with E-state index in [1.807, 2.05) is 31.2 Å². The lowest BCUT2D eigenvalue weighted by molar-refractivity contribution is -0.138. The highest BCUT2D eigenvalue weighted by Crippen LogP contribution is 2.19. The molecule has 2 aromatic carbocycles. The molecule has 0 radical (unpaired) electrons. The molecule has 2 rings (SSSR count). The van der Waals surface area contributed by atoms with Gasteiger partial charge in [0.25, 0.3) is 5.91 Å². The summed E-state index contributed by atoms with van der Waals surface area (Å²) in [6.07, 6.45) is 0.834. The molecule has 0 aliphatic rings. The van der Waals surface area contributed by atoms with Crippen molar-refractivity contribution in [2.75, 3.05) is 11.9 Å². The number of nitrogens with one attached hydrogen (secondary N) is 1. The highest BCUT2D eigenvalue weighted by atomic mass is 16.5. The summed E-state index contributed by atoms with van der Waals surface area (Å²) in [5.41, 5.74) is 2.35. The lowest BCUT2D eigenvalue weighted by atomic mass is 10.0. The van der Waals surface area contributed by atoms with Crippen molar-refractivity contribution < 1.29 is 19.4 Å². The number of carbonyl (C=O) groups is 2. The van der Waals surface area contributed by atoms with Gasteiger partial charge in [-0.15, -0.1) is 0 Å². The van der Waals surface area contributed by atoms with E-state index in [4.69, 9.17) is 9.84 Å². The predicted molar refractivity (Wildman–Crippen MR) is 92.4 cm³/mol. The Morgan fingerprint density at radius 3 is 2.42 bits per heavy atom. The largest absolute Gasteiger partial charge is 0.483 e. The van der Waals surface area contributed by atoms with Gasteiger partial charge < -0.3 is 15.2 Å². The van der Waals surface area contributed by atoms with Crippen molar-refractivity contribution in [3.8, 4) is 5.75 Å². The molecule has 5 nitrogen and oxygen atoms in total. The average molecular weight is 327 g/mol. The van der Waals surface area contributed by atoms with Crippen LogP contribution in [-0.4, -0.2) is 23.6 Å². The van der Waals surface area contributed by atoms with Crippen LogP contribution in [0.25, 0.3) is 0 Å². The average Bonchev–Trinajstić information content (AvgIpc) is 2.60.